The molecule has 2 heterocycles. The van der Waals surface area contributed by atoms with E-state index >= 15 is 0 Å². The minimum Gasteiger partial charge on any atom is -0.506 e. The highest BCUT2D eigenvalue weighted by atomic mass is 16.3. The molecular formula is C18H19N5O3. The van der Waals surface area contributed by atoms with Crippen molar-refractivity contribution >= 4 is 5.69 Å². The van der Waals surface area contributed by atoms with Gasteiger partial charge in [0.2, 0.25) is 0 Å². The van der Waals surface area contributed by atoms with E-state index in [-0.39, 0.29) is 41.2 Å². The minimum absolute atomic E-state index is 0.0270. The van der Waals surface area contributed by atoms with Gasteiger partial charge >= 0.3 is 5.69 Å². The summed E-state index contributed by atoms with van der Waals surface area (Å²) in [5, 5.41) is 29.7. The lowest BCUT2D eigenvalue weighted by molar-refractivity contribution is 0.441. The van der Waals surface area contributed by atoms with E-state index in [9.17, 15) is 15.0 Å². The summed E-state index contributed by atoms with van der Waals surface area (Å²) in [5.74, 6) is 0.202. The topological polar surface area (TPSA) is 116 Å². The second-order valence-corrected chi connectivity index (χ2v) is 6.42. The van der Waals surface area contributed by atoms with Gasteiger partial charge in [-0.3, -0.25) is 4.57 Å². The van der Waals surface area contributed by atoms with Gasteiger partial charge in [0.05, 0.1) is 12.2 Å². The van der Waals surface area contributed by atoms with Gasteiger partial charge in [-0.2, -0.15) is 5.10 Å². The normalized spacial score (nSPS) is 13.7. The number of anilines is 1. The van der Waals surface area contributed by atoms with Crippen LogP contribution >= 0.6 is 0 Å². The number of aromatic nitrogens is 4. The Hall–Kier alpha value is -3.29. The van der Waals surface area contributed by atoms with Gasteiger partial charge in [-0.25, -0.2) is 14.9 Å². The van der Waals surface area contributed by atoms with Crippen LogP contribution in [0.15, 0.2) is 35.1 Å². The molecule has 4 N–H and O–H groups in total. The third kappa shape index (κ3) is 2.90. The lowest BCUT2D eigenvalue weighted by Gasteiger charge is -2.10. The number of nitrogens with one attached hydrogen (secondary N) is 2. The van der Waals surface area contributed by atoms with Crippen LogP contribution in [0.3, 0.4) is 0 Å². The molecule has 0 radical (unpaired) electrons. The molecule has 1 fully saturated rings. The Morgan fingerprint density at radius 1 is 1.23 bits per heavy atom. The molecule has 1 aliphatic rings. The van der Waals surface area contributed by atoms with Gasteiger partial charge in [-0.1, -0.05) is 12.1 Å². The summed E-state index contributed by atoms with van der Waals surface area (Å²) < 4.78 is 1.42. The Bertz CT molecular complexity index is 1000. The highest BCUT2D eigenvalue weighted by molar-refractivity contribution is 5.61. The lowest BCUT2D eigenvalue weighted by atomic mass is 10.2. The molecule has 0 unspecified atom stereocenters. The third-order valence-electron chi connectivity index (χ3n) is 4.53. The van der Waals surface area contributed by atoms with Crippen molar-refractivity contribution in [1.29, 1.82) is 0 Å². The van der Waals surface area contributed by atoms with E-state index in [2.05, 4.69) is 20.5 Å². The minimum atomic E-state index is -0.389. The SMILES string of the molecule is CNc1ccc(Cn2c(-c3nc(C4CC4)c(O)cc3O)n[nH]c2=O)cc1. The number of benzene rings is 1. The van der Waals surface area contributed by atoms with E-state index in [4.69, 9.17) is 0 Å². The fourth-order valence-corrected chi connectivity index (χ4v) is 2.93. The van der Waals surface area contributed by atoms with Crippen molar-refractivity contribution in [1.82, 2.24) is 19.7 Å². The van der Waals surface area contributed by atoms with Crippen LogP contribution in [-0.4, -0.2) is 37.0 Å². The molecule has 0 spiro atoms. The first-order valence-corrected chi connectivity index (χ1v) is 8.42. The number of H-pyrrole nitrogens is 1. The van der Waals surface area contributed by atoms with Crippen LogP contribution in [-0.2, 0) is 6.54 Å². The zero-order valence-electron chi connectivity index (χ0n) is 14.2. The molecule has 0 atom stereocenters. The van der Waals surface area contributed by atoms with Crippen molar-refractivity contribution in [2.24, 2.45) is 0 Å². The van der Waals surface area contributed by atoms with Crippen LogP contribution in [0, 0.1) is 0 Å². The Balaban J connectivity index is 1.74. The fraction of sp³-hybridized carbons (Fsp3) is 0.278. The average Bonchev–Trinajstić information content (AvgIpc) is 3.41. The van der Waals surface area contributed by atoms with Crippen LogP contribution in [0.1, 0.15) is 30.0 Å². The third-order valence-corrected chi connectivity index (χ3v) is 4.53. The van der Waals surface area contributed by atoms with Crippen molar-refractivity contribution in [3.63, 3.8) is 0 Å². The Morgan fingerprint density at radius 3 is 2.62 bits per heavy atom. The summed E-state index contributed by atoms with van der Waals surface area (Å²) in [5.41, 5.74) is 2.22. The first kappa shape index (κ1) is 16.2. The number of aromatic hydroxyl groups is 2. The second kappa shape index (κ2) is 6.21. The van der Waals surface area contributed by atoms with E-state index < -0.39 is 0 Å². The van der Waals surface area contributed by atoms with Crippen LogP contribution < -0.4 is 11.0 Å². The van der Waals surface area contributed by atoms with Crippen LogP contribution in [0.2, 0.25) is 0 Å². The highest BCUT2D eigenvalue weighted by Crippen LogP contribution is 2.45. The highest BCUT2D eigenvalue weighted by Gasteiger charge is 2.30. The van der Waals surface area contributed by atoms with Gasteiger partial charge in [0.15, 0.2) is 5.82 Å². The van der Waals surface area contributed by atoms with Crippen molar-refractivity contribution in [3.05, 3.63) is 52.1 Å². The molecule has 0 bridgehead atoms. The average molecular weight is 353 g/mol. The van der Waals surface area contributed by atoms with Gasteiger partial charge in [0, 0.05) is 24.7 Å². The van der Waals surface area contributed by atoms with E-state index in [0.29, 0.717) is 5.69 Å². The Kier molecular flexibility index (Phi) is 3.87. The lowest BCUT2D eigenvalue weighted by Crippen LogP contribution is -2.18. The summed E-state index contributed by atoms with van der Waals surface area (Å²) in [6.07, 6.45) is 1.91. The molecule has 4 rings (SSSR count). The molecule has 8 nitrogen and oxygen atoms in total. The predicted molar refractivity (Wildman–Crippen MR) is 96.5 cm³/mol. The summed E-state index contributed by atoms with van der Waals surface area (Å²) in [7, 11) is 1.84. The largest absolute Gasteiger partial charge is 0.506 e. The molecule has 1 saturated carbocycles. The fourth-order valence-electron chi connectivity index (χ4n) is 2.93. The quantitative estimate of drug-likeness (QED) is 0.558. The van der Waals surface area contributed by atoms with Crippen molar-refractivity contribution in [2.45, 2.75) is 25.3 Å². The monoisotopic (exact) mass is 353 g/mol. The Morgan fingerprint density at radius 2 is 1.96 bits per heavy atom. The van der Waals surface area contributed by atoms with Gasteiger partial charge in [-0.15, -0.1) is 0 Å². The number of pyridine rings is 1. The number of nitrogens with zero attached hydrogens (tertiary/aromatic N) is 3. The molecule has 3 aromatic rings. The predicted octanol–water partition coefficient (Wildman–Crippen LogP) is 2.01. The smallest absolute Gasteiger partial charge is 0.343 e. The van der Waals surface area contributed by atoms with Crippen molar-refractivity contribution in [2.75, 3.05) is 12.4 Å². The van der Waals surface area contributed by atoms with E-state index in [1.54, 1.807) is 0 Å². The maximum atomic E-state index is 12.2. The van der Waals surface area contributed by atoms with E-state index in [1.165, 1.54) is 10.6 Å². The van der Waals surface area contributed by atoms with Crippen LogP contribution in [0.25, 0.3) is 11.5 Å². The summed E-state index contributed by atoms with van der Waals surface area (Å²) in [4.78, 5) is 16.6. The molecule has 134 valence electrons. The zero-order chi connectivity index (χ0) is 18.3. The summed E-state index contributed by atoms with van der Waals surface area (Å²) in [6, 6.07) is 8.92. The molecule has 2 aromatic heterocycles. The molecule has 0 saturated heterocycles. The standard InChI is InChI=1S/C18H19N5O3/c1-19-12-6-2-10(3-7-12)9-23-17(21-22-18(23)26)16-14(25)8-13(24)15(20-16)11-4-5-11/h2-3,6-8,11,19,24-25H,4-5,9H2,1H3,(H,22,26). The first-order valence-electron chi connectivity index (χ1n) is 8.42. The second-order valence-electron chi connectivity index (χ2n) is 6.42. The molecule has 8 heteroatoms. The molecule has 1 aliphatic carbocycles. The maximum absolute atomic E-state index is 12.2. The molecule has 0 amide bonds. The number of rotatable bonds is 5. The van der Waals surface area contributed by atoms with Gasteiger partial charge < -0.3 is 15.5 Å². The van der Waals surface area contributed by atoms with E-state index in [1.807, 2.05) is 31.3 Å². The van der Waals surface area contributed by atoms with Crippen LogP contribution in [0.4, 0.5) is 5.69 Å². The molecule has 26 heavy (non-hydrogen) atoms. The molecule has 0 aliphatic heterocycles. The number of hydrogen-bond donors (Lipinski definition) is 4. The number of aromatic amines is 1. The van der Waals surface area contributed by atoms with Crippen molar-refractivity contribution < 1.29 is 10.2 Å². The maximum Gasteiger partial charge on any atom is 0.343 e. The first-order chi connectivity index (χ1) is 12.6. The van der Waals surface area contributed by atoms with Gasteiger partial charge in [0.25, 0.3) is 0 Å². The number of hydrogen-bond acceptors (Lipinski definition) is 6. The van der Waals surface area contributed by atoms with Crippen molar-refractivity contribution in [3.8, 4) is 23.0 Å². The zero-order valence-corrected chi connectivity index (χ0v) is 14.2. The van der Waals surface area contributed by atoms with Gasteiger partial charge in [0.1, 0.15) is 17.2 Å². The summed E-state index contributed by atoms with van der Waals surface area (Å²) in [6.45, 7) is 0.287. The summed E-state index contributed by atoms with van der Waals surface area (Å²) >= 11 is 0. The molecular weight excluding hydrogens is 334 g/mol. The van der Waals surface area contributed by atoms with Crippen LogP contribution in [0.5, 0.6) is 11.5 Å². The molecule has 1 aromatic carbocycles. The van der Waals surface area contributed by atoms with Gasteiger partial charge in [-0.05, 0) is 30.5 Å². The van der Waals surface area contributed by atoms with E-state index in [0.717, 1.165) is 24.1 Å². The Labute approximate surface area is 149 Å².